The Balaban J connectivity index is 1.29. The summed E-state index contributed by atoms with van der Waals surface area (Å²) >= 11 is 0. The second-order valence-electron chi connectivity index (χ2n) is 8.12. The number of piperidine rings is 1. The number of amides is 1. The van der Waals surface area contributed by atoms with Crippen molar-refractivity contribution in [3.05, 3.63) is 70.6 Å². The standard InChI is InChI=1S/C21H24N6O3/c28-20(22-5-6-25-13-23-24-14-25)18-3-4-19-16-8-15(10-27(19)21(18)29)9-26(11-16)12-17-2-1-7-30-17/h1-4,7,13-16H,5-6,8-12H2,(H,22,28)/t15-,16+/m0/s1. The number of likely N-dealkylation sites (tertiary alicyclic amines) is 1. The lowest BCUT2D eigenvalue weighted by molar-refractivity contribution is 0.0943. The lowest BCUT2D eigenvalue weighted by Crippen LogP contribution is -2.47. The van der Waals surface area contributed by atoms with E-state index in [2.05, 4.69) is 20.4 Å². The van der Waals surface area contributed by atoms with Crippen molar-refractivity contribution in [3.8, 4) is 0 Å². The summed E-state index contributed by atoms with van der Waals surface area (Å²) in [5.41, 5.74) is 1.04. The molecule has 0 spiro atoms. The molecule has 3 aromatic rings. The maximum atomic E-state index is 13.1. The number of hydrogen-bond acceptors (Lipinski definition) is 6. The van der Waals surface area contributed by atoms with Gasteiger partial charge in [-0.05, 0) is 36.6 Å². The molecule has 2 aliphatic heterocycles. The van der Waals surface area contributed by atoms with Crippen LogP contribution in [0.15, 0.2) is 52.4 Å². The van der Waals surface area contributed by atoms with Crippen molar-refractivity contribution in [2.75, 3.05) is 19.6 Å². The molecule has 1 amide bonds. The number of pyridine rings is 1. The van der Waals surface area contributed by atoms with E-state index < -0.39 is 0 Å². The highest BCUT2D eigenvalue weighted by atomic mass is 16.3. The fourth-order valence-electron chi connectivity index (χ4n) is 4.70. The fourth-order valence-corrected chi connectivity index (χ4v) is 4.70. The molecule has 0 unspecified atom stereocenters. The maximum absolute atomic E-state index is 13.1. The van der Waals surface area contributed by atoms with Gasteiger partial charge in [0.15, 0.2) is 0 Å². The van der Waals surface area contributed by atoms with Crippen molar-refractivity contribution < 1.29 is 9.21 Å². The summed E-state index contributed by atoms with van der Waals surface area (Å²) < 4.78 is 9.09. The minimum atomic E-state index is -0.335. The third kappa shape index (κ3) is 3.68. The van der Waals surface area contributed by atoms with Crippen molar-refractivity contribution in [2.45, 2.75) is 32.0 Å². The van der Waals surface area contributed by atoms with Gasteiger partial charge in [-0.2, -0.15) is 0 Å². The summed E-state index contributed by atoms with van der Waals surface area (Å²) in [6, 6.07) is 7.53. The zero-order valence-corrected chi connectivity index (χ0v) is 16.6. The Morgan fingerprint density at radius 3 is 2.83 bits per heavy atom. The van der Waals surface area contributed by atoms with E-state index in [1.54, 1.807) is 29.6 Å². The quantitative estimate of drug-likeness (QED) is 0.656. The molecule has 0 aliphatic carbocycles. The molecular formula is C21H24N6O3. The SMILES string of the molecule is O=C(NCCn1cnnc1)c1ccc2n(c1=O)C[C@H]1C[C@@H]2CN(Cc2ccco2)C1. The van der Waals surface area contributed by atoms with Crippen LogP contribution >= 0.6 is 0 Å². The average molecular weight is 408 g/mol. The summed E-state index contributed by atoms with van der Waals surface area (Å²) in [6.07, 6.45) is 5.97. The molecule has 2 bridgehead atoms. The van der Waals surface area contributed by atoms with Gasteiger partial charge in [0.25, 0.3) is 11.5 Å². The number of nitrogens with zero attached hydrogens (tertiary/aromatic N) is 5. The van der Waals surface area contributed by atoms with Crippen molar-refractivity contribution in [1.29, 1.82) is 0 Å². The largest absolute Gasteiger partial charge is 0.468 e. The lowest BCUT2D eigenvalue weighted by Gasteiger charge is -2.42. The smallest absolute Gasteiger partial charge is 0.263 e. The zero-order chi connectivity index (χ0) is 20.5. The number of furan rings is 1. The molecule has 30 heavy (non-hydrogen) atoms. The topological polar surface area (TPSA) is 98.2 Å². The number of carbonyl (C=O) groups excluding carboxylic acids is 1. The number of fused-ring (bicyclic) bond motifs is 4. The van der Waals surface area contributed by atoms with E-state index in [1.807, 2.05) is 22.8 Å². The highest BCUT2D eigenvalue weighted by Gasteiger charge is 2.35. The molecule has 156 valence electrons. The van der Waals surface area contributed by atoms with Crippen LogP contribution in [0.5, 0.6) is 0 Å². The first-order valence-electron chi connectivity index (χ1n) is 10.3. The van der Waals surface area contributed by atoms with Crippen LogP contribution in [0, 0.1) is 5.92 Å². The first kappa shape index (κ1) is 18.8. The van der Waals surface area contributed by atoms with Gasteiger partial charge in [-0.25, -0.2) is 0 Å². The molecule has 1 fully saturated rings. The van der Waals surface area contributed by atoms with Crippen molar-refractivity contribution in [2.24, 2.45) is 5.92 Å². The molecule has 9 nitrogen and oxygen atoms in total. The number of nitrogens with one attached hydrogen (secondary N) is 1. The molecule has 0 saturated carbocycles. The third-order valence-corrected chi connectivity index (χ3v) is 6.01. The Hall–Kier alpha value is -3.20. The Morgan fingerprint density at radius 2 is 2.03 bits per heavy atom. The third-order valence-electron chi connectivity index (χ3n) is 6.01. The van der Waals surface area contributed by atoms with E-state index in [9.17, 15) is 9.59 Å². The van der Waals surface area contributed by atoms with Gasteiger partial charge in [-0.1, -0.05) is 0 Å². The number of aromatic nitrogens is 4. The van der Waals surface area contributed by atoms with Crippen molar-refractivity contribution >= 4 is 5.91 Å². The molecule has 2 atom stereocenters. The maximum Gasteiger partial charge on any atom is 0.263 e. The summed E-state index contributed by atoms with van der Waals surface area (Å²) in [5, 5.41) is 10.3. The van der Waals surface area contributed by atoms with Gasteiger partial charge in [0.1, 0.15) is 24.0 Å². The van der Waals surface area contributed by atoms with Gasteiger partial charge in [0, 0.05) is 44.3 Å². The summed E-state index contributed by atoms with van der Waals surface area (Å²) in [4.78, 5) is 28.0. The van der Waals surface area contributed by atoms with E-state index in [0.29, 0.717) is 31.5 Å². The highest BCUT2D eigenvalue weighted by molar-refractivity contribution is 5.93. The van der Waals surface area contributed by atoms with E-state index in [0.717, 1.165) is 37.5 Å². The van der Waals surface area contributed by atoms with Crippen molar-refractivity contribution in [1.82, 2.24) is 29.5 Å². The Morgan fingerprint density at radius 1 is 1.17 bits per heavy atom. The van der Waals surface area contributed by atoms with Gasteiger partial charge in [0.05, 0.1) is 12.8 Å². The lowest BCUT2D eigenvalue weighted by atomic mass is 9.83. The normalized spacial score (nSPS) is 20.7. The van der Waals surface area contributed by atoms with Gasteiger partial charge >= 0.3 is 0 Å². The molecule has 9 heteroatoms. The minimum Gasteiger partial charge on any atom is -0.468 e. The van der Waals surface area contributed by atoms with Crippen LogP contribution in [-0.2, 0) is 19.6 Å². The van der Waals surface area contributed by atoms with Crippen LogP contribution in [0.2, 0.25) is 0 Å². The van der Waals surface area contributed by atoms with Gasteiger partial charge in [0.2, 0.25) is 0 Å². The van der Waals surface area contributed by atoms with E-state index >= 15 is 0 Å². The minimum absolute atomic E-state index is 0.191. The zero-order valence-electron chi connectivity index (χ0n) is 16.6. The van der Waals surface area contributed by atoms with Gasteiger partial charge in [-0.15, -0.1) is 10.2 Å². The van der Waals surface area contributed by atoms with Crippen LogP contribution in [0.3, 0.4) is 0 Å². The molecular weight excluding hydrogens is 384 g/mol. The fraction of sp³-hybridized carbons (Fsp3) is 0.429. The predicted octanol–water partition coefficient (Wildman–Crippen LogP) is 1.08. The number of rotatable bonds is 6. The van der Waals surface area contributed by atoms with Crippen LogP contribution in [0.4, 0.5) is 0 Å². The van der Waals surface area contributed by atoms with Crippen LogP contribution < -0.4 is 10.9 Å². The average Bonchev–Trinajstić information content (AvgIpc) is 3.43. The monoisotopic (exact) mass is 408 g/mol. The summed E-state index contributed by atoms with van der Waals surface area (Å²) in [5.74, 6) is 1.33. The van der Waals surface area contributed by atoms with E-state index in [-0.39, 0.29) is 17.0 Å². The first-order valence-corrected chi connectivity index (χ1v) is 10.3. The second-order valence-corrected chi connectivity index (χ2v) is 8.12. The van der Waals surface area contributed by atoms with E-state index in [4.69, 9.17) is 4.42 Å². The first-order chi connectivity index (χ1) is 14.7. The van der Waals surface area contributed by atoms with Crippen LogP contribution in [-0.4, -0.2) is 49.8 Å². The molecule has 0 radical (unpaired) electrons. The van der Waals surface area contributed by atoms with Gasteiger partial charge < -0.3 is 18.9 Å². The van der Waals surface area contributed by atoms with Crippen LogP contribution in [0.25, 0.3) is 0 Å². The number of hydrogen-bond donors (Lipinski definition) is 1. The molecule has 5 rings (SSSR count). The predicted molar refractivity (Wildman–Crippen MR) is 108 cm³/mol. The Bertz CT molecular complexity index is 1070. The summed E-state index contributed by atoms with van der Waals surface area (Å²) in [6.45, 7) is 4.23. The second kappa shape index (κ2) is 7.91. The highest BCUT2D eigenvalue weighted by Crippen LogP contribution is 2.35. The van der Waals surface area contributed by atoms with E-state index in [1.165, 1.54) is 0 Å². The Labute approximate surface area is 173 Å². The van der Waals surface area contributed by atoms with Crippen molar-refractivity contribution in [3.63, 3.8) is 0 Å². The van der Waals surface area contributed by atoms with Gasteiger partial charge in [-0.3, -0.25) is 14.5 Å². The molecule has 0 aromatic carbocycles. The number of carbonyl (C=O) groups is 1. The summed E-state index contributed by atoms with van der Waals surface area (Å²) in [7, 11) is 0. The molecule has 1 N–H and O–H groups in total. The molecule has 1 saturated heterocycles. The molecule has 2 aliphatic rings. The molecule has 5 heterocycles. The molecule has 3 aromatic heterocycles. The van der Waals surface area contributed by atoms with Crippen LogP contribution in [0.1, 0.15) is 34.2 Å². The Kier molecular flexibility index (Phi) is 4.96.